The number of fused-ring (bicyclic) bond motifs is 1. The van der Waals surface area contributed by atoms with Crippen molar-refractivity contribution in [2.45, 2.75) is 45.3 Å². The van der Waals surface area contributed by atoms with Crippen molar-refractivity contribution in [2.24, 2.45) is 11.7 Å². The van der Waals surface area contributed by atoms with Gasteiger partial charge in [-0.15, -0.1) is 11.3 Å². The number of nitriles is 1. The van der Waals surface area contributed by atoms with E-state index in [1.165, 1.54) is 10.6 Å². The zero-order chi connectivity index (χ0) is 26.0. The van der Waals surface area contributed by atoms with Gasteiger partial charge in [-0.25, -0.2) is 9.78 Å². The maximum Gasteiger partial charge on any atom is 0.326 e. The molecule has 1 aliphatic heterocycles. The first-order chi connectivity index (χ1) is 17.2. The summed E-state index contributed by atoms with van der Waals surface area (Å²) in [6, 6.07) is 9.65. The molecule has 36 heavy (non-hydrogen) atoms. The van der Waals surface area contributed by atoms with Crippen LogP contribution in [0.1, 0.15) is 47.5 Å². The molecule has 188 valence electrons. The van der Waals surface area contributed by atoms with Gasteiger partial charge in [0, 0.05) is 19.1 Å². The zero-order valence-electron chi connectivity index (χ0n) is 20.1. The summed E-state index contributed by atoms with van der Waals surface area (Å²) in [5, 5.41) is 21.5. The second-order valence-electron chi connectivity index (χ2n) is 9.28. The minimum atomic E-state index is -1.13. The first-order valence-corrected chi connectivity index (χ1v) is 12.6. The highest BCUT2D eigenvalue weighted by molar-refractivity contribution is 7.20. The number of nitrogens with two attached hydrogens (primary N) is 1. The molecular formula is C25H28N6O4S. The Bertz CT molecular complexity index is 1410. The lowest BCUT2D eigenvalue weighted by molar-refractivity contribution is -0.140. The molecule has 3 heterocycles. The van der Waals surface area contributed by atoms with Gasteiger partial charge in [0.05, 0.1) is 28.6 Å². The van der Waals surface area contributed by atoms with Crippen LogP contribution in [0.4, 0.5) is 5.95 Å². The number of hydrogen-bond acceptors (Lipinski definition) is 8. The fourth-order valence-electron chi connectivity index (χ4n) is 4.35. The summed E-state index contributed by atoms with van der Waals surface area (Å²) < 4.78 is 1.82. The standard InChI is InChI=1S/C25H28N6O4S/c1-14(2)20(24(34)35)29-22(32)19-10-18-21(36-19)23(33)31(12-16-7-4-3-6-15(16)11-26)25(28-18)30-9-5-8-17(27)13-30/h3-4,6-7,10,14,17,20H,5,8-9,12-13,27H2,1-2H3,(H,29,32)(H,34,35)/t17-,20?/m1/s1. The number of carbonyl (C=O) groups is 2. The Morgan fingerprint density at radius 3 is 2.78 bits per heavy atom. The highest BCUT2D eigenvalue weighted by Crippen LogP contribution is 2.26. The molecule has 1 fully saturated rings. The molecule has 4 rings (SSSR count). The molecule has 1 unspecified atom stereocenters. The Labute approximate surface area is 212 Å². The molecular weight excluding hydrogens is 480 g/mol. The quantitative estimate of drug-likeness (QED) is 0.439. The van der Waals surface area contributed by atoms with Crippen molar-refractivity contribution in [3.8, 4) is 6.07 Å². The highest BCUT2D eigenvalue weighted by atomic mass is 32.1. The Kier molecular flexibility index (Phi) is 7.37. The summed E-state index contributed by atoms with van der Waals surface area (Å²) in [5.41, 5.74) is 7.38. The molecule has 0 bridgehead atoms. The average Bonchev–Trinajstić information content (AvgIpc) is 3.28. The Hall–Kier alpha value is -3.75. The van der Waals surface area contributed by atoms with E-state index >= 15 is 0 Å². The van der Waals surface area contributed by atoms with E-state index in [1.54, 1.807) is 32.0 Å². The monoisotopic (exact) mass is 508 g/mol. The molecule has 11 heteroatoms. The molecule has 0 aliphatic carbocycles. The first-order valence-electron chi connectivity index (χ1n) is 11.8. The number of aromatic nitrogens is 2. The van der Waals surface area contributed by atoms with Crippen molar-refractivity contribution in [1.29, 1.82) is 5.26 Å². The van der Waals surface area contributed by atoms with Crippen LogP contribution in [0, 0.1) is 17.2 Å². The van der Waals surface area contributed by atoms with E-state index in [2.05, 4.69) is 11.4 Å². The van der Waals surface area contributed by atoms with Crippen molar-refractivity contribution in [3.05, 3.63) is 56.7 Å². The normalized spacial score (nSPS) is 16.6. The number of nitrogens with zero attached hydrogens (tertiary/aromatic N) is 4. The van der Waals surface area contributed by atoms with E-state index in [4.69, 9.17) is 10.7 Å². The lowest BCUT2D eigenvalue weighted by atomic mass is 10.0. The summed E-state index contributed by atoms with van der Waals surface area (Å²) in [7, 11) is 0. The molecule has 1 amide bonds. The van der Waals surface area contributed by atoms with E-state index in [-0.39, 0.29) is 33.6 Å². The second kappa shape index (κ2) is 10.5. The number of carbonyl (C=O) groups excluding carboxylic acids is 1. The Morgan fingerprint density at radius 1 is 1.36 bits per heavy atom. The Morgan fingerprint density at radius 2 is 2.11 bits per heavy atom. The van der Waals surface area contributed by atoms with Crippen molar-refractivity contribution >= 4 is 39.4 Å². The third-order valence-corrected chi connectivity index (χ3v) is 7.37. The molecule has 3 aromatic rings. The molecule has 1 aromatic carbocycles. The number of rotatable bonds is 7. The van der Waals surface area contributed by atoms with Gasteiger partial charge in [-0.3, -0.25) is 14.2 Å². The number of nitrogens with one attached hydrogen (secondary N) is 1. The largest absolute Gasteiger partial charge is 0.480 e. The van der Waals surface area contributed by atoms with Crippen LogP contribution in [0.2, 0.25) is 0 Å². The first kappa shape index (κ1) is 25.3. The van der Waals surface area contributed by atoms with Gasteiger partial charge in [-0.2, -0.15) is 5.26 Å². The highest BCUT2D eigenvalue weighted by Gasteiger charge is 2.27. The van der Waals surface area contributed by atoms with Gasteiger partial charge in [0.1, 0.15) is 10.7 Å². The maximum atomic E-state index is 13.7. The number of thiophene rings is 1. The molecule has 4 N–H and O–H groups in total. The molecule has 10 nitrogen and oxygen atoms in total. The van der Waals surface area contributed by atoms with E-state index in [0.717, 1.165) is 24.2 Å². The van der Waals surface area contributed by atoms with Crippen LogP contribution in [-0.2, 0) is 11.3 Å². The van der Waals surface area contributed by atoms with Gasteiger partial charge in [0.2, 0.25) is 5.95 Å². The average molecular weight is 509 g/mol. The van der Waals surface area contributed by atoms with Gasteiger partial charge in [-0.05, 0) is 36.5 Å². The topological polar surface area (TPSA) is 154 Å². The summed E-state index contributed by atoms with van der Waals surface area (Å²) in [5.74, 6) is -1.57. The van der Waals surface area contributed by atoms with E-state index in [9.17, 15) is 24.8 Å². The number of benzene rings is 1. The van der Waals surface area contributed by atoms with Crippen molar-refractivity contribution in [3.63, 3.8) is 0 Å². The Balaban J connectivity index is 1.80. The van der Waals surface area contributed by atoms with Crippen LogP contribution in [0.25, 0.3) is 10.2 Å². The van der Waals surface area contributed by atoms with E-state index < -0.39 is 17.9 Å². The molecule has 1 aliphatic rings. The minimum Gasteiger partial charge on any atom is -0.480 e. The van der Waals surface area contributed by atoms with Crippen molar-refractivity contribution < 1.29 is 14.7 Å². The van der Waals surface area contributed by atoms with Gasteiger partial charge >= 0.3 is 5.97 Å². The second-order valence-corrected chi connectivity index (χ2v) is 10.3. The molecule has 0 spiro atoms. The van der Waals surface area contributed by atoms with Crippen LogP contribution < -0.4 is 21.5 Å². The number of hydrogen-bond donors (Lipinski definition) is 3. The SMILES string of the molecule is CC(C)C(NC(=O)c1cc2nc(N3CCC[C@@H](N)C3)n(Cc3ccccc3C#N)c(=O)c2s1)C(=O)O. The molecule has 2 atom stereocenters. The third kappa shape index (κ3) is 5.10. The summed E-state index contributed by atoms with van der Waals surface area (Å²) in [6.45, 7) is 4.76. The fourth-order valence-corrected chi connectivity index (χ4v) is 5.30. The fraction of sp³-hybridized carbons (Fsp3) is 0.400. The molecule has 1 saturated heterocycles. The van der Waals surface area contributed by atoms with Gasteiger partial charge in [-0.1, -0.05) is 32.0 Å². The minimum absolute atomic E-state index is 0.0565. The lowest BCUT2D eigenvalue weighted by Gasteiger charge is -2.33. The van der Waals surface area contributed by atoms with Gasteiger partial charge < -0.3 is 21.1 Å². The van der Waals surface area contributed by atoms with Crippen LogP contribution in [0.5, 0.6) is 0 Å². The van der Waals surface area contributed by atoms with Gasteiger partial charge in [0.15, 0.2) is 0 Å². The lowest BCUT2D eigenvalue weighted by Crippen LogP contribution is -2.45. The van der Waals surface area contributed by atoms with Crippen LogP contribution >= 0.6 is 11.3 Å². The predicted molar refractivity (Wildman–Crippen MR) is 137 cm³/mol. The van der Waals surface area contributed by atoms with Gasteiger partial charge in [0.25, 0.3) is 11.5 Å². The van der Waals surface area contributed by atoms with Crippen LogP contribution in [0.3, 0.4) is 0 Å². The zero-order valence-corrected chi connectivity index (χ0v) is 20.9. The predicted octanol–water partition coefficient (Wildman–Crippen LogP) is 2.14. The van der Waals surface area contributed by atoms with Crippen molar-refractivity contribution in [2.75, 3.05) is 18.0 Å². The van der Waals surface area contributed by atoms with Crippen LogP contribution in [-0.4, -0.2) is 51.7 Å². The number of piperidine rings is 1. The van der Waals surface area contributed by atoms with E-state index in [0.29, 0.717) is 35.7 Å². The molecule has 2 aromatic heterocycles. The summed E-state index contributed by atoms with van der Waals surface area (Å²) in [4.78, 5) is 45.1. The summed E-state index contributed by atoms with van der Waals surface area (Å²) in [6.07, 6.45) is 1.73. The number of carboxylic acid groups (broad SMARTS) is 1. The number of amides is 1. The van der Waals surface area contributed by atoms with Crippen LogP contribution in [0.15, 0.2) is 35.1 Å². The number of aliphatic carboxylic acids is 1. The summed E-state index contributed by atoms with van der Waals surface area (Å²) >= 11 is 0.979. The molecule has 0 saturated carbocycles. The van der Waals surface area contributed by atoms with E-state index in [1.807, 2.05) is 11.0 Å². The van der Waals surface area contributed by atoms with Crippen molar-refractivity contribution in [1.82, 2.24) is 14.9 Å². The number of carboxylic acids is 1. The third-order valence-electron chi connectivity index (χ3n) is 6.26. The molecule has 0 radical (unpaired) electrons. The maximum absolute atomic E-state index is 13.7. The number of anilines is 1. The smallest absolute Gasteiger partial charge is 0.326 e.